The first-order chi connectivity index (χ1) is 12.4. The highest BCUT2D eigenvalue weighted by Crippen LogP contribution is 2.13. The second-order valence-electron chi connectivity index (χ2n) is 6.46. The number of unbranched alkanes of at least 4 members (excludes halogenated alkanes) is 2. The highest BCUT2D eigenvalue weighted by Gasteiger charge is 1.96. The van der Waals surface area contributed by atoms with Gasteiger partial charge in [-0.1, -0.05) is 67.1 Å². The number of hydrogen-bond donors (Lipinski definition) is 0. The molecule has 0 aliphatic rings. The third kappa shape index (κ3) is 10.7. The van der Waals surface area contributed by atoms with Crippen LogP contribution in [0.3, 0.4) is 0 Å². The summed E-state index contributed by atoms with van der Waals surface area (Å²) in [4.78, 5) is 0. The van der Waals surface area contributed by atoms with Crippen molar-refractivity contribution in [3.05, 3.63) is 71.8 Å². The minimum absolute atomic E-state index is 1.23. The molecule has 0 radical (unpaired) electrons. The average molecular weight is 373 g/mol. The molecule has 0 atom stereocenters. The summed E-state index contributed by atoms with van der Waals surface area (Å²) < 4.78 is 0. The van der Waals surface area contributed by atoms with Crippen molar-refractivity contribution >= 4 is 23.5 Å². The smallest absolute Gasteiger partial charge is 0.00644 e. The Bertz CT molecular complexity index is 475. The summed E-state index contributed by atoms with van der Waals surface area (Å²) >= 11 is 4.27. The molecule has 2 rings (SSSR count). The Morgan fingerprint density at radius 3 is 1.28 bits per heavy atom. The van der Waals surface area contributed by atoms with Gasteiger partial charge in [0.2, 0.25) is 0 Å². The summed E-state index contributed by atoms with van der Waals surface area (Å²) in [6, 6.07) is 21.7. The summed E-state index contributed by atoms with van der Waals surface area (Å²) in [5, 5.41) is 0. The number of rotatable bonds is 14. The van der Waals surface area contributed by atoms with Gasteiger partial charge in [0.15, 0.2) is 0 Å². The van der Waals surface area contributed by atoms with E-state index in [0.717, 1.165) is 0 Å². The molecule has 0 amide bonds. The molecule has 0 spiro atoms. The Morgan fingerprint density at radius 2 is 0.840 bits per heavy atom. The molecule has 25 heavy (non-hydrogen) atoms. The first-order valence-corrected chi connectivity index (χ1v) is 12.0. The van der Waals surface area contributed by atoms with E-state index >= 15 is 0 Å². The lowest BCUT2D eigenvalue weighted by Crippen LogP contribution is -1.91. The minimum Gasteiger partial charge on any atom is -0.162 e. The zero-order valence-corrected chi connectivity index (χ0v) is 17.0. The first-order valence-electron chi connectivity index (χ1n) is 9.68. The van der Waals surface area contributed by atoms with Crippen LogP contribution in [-0.4, -0.2) is 23.0 Å². The van der Waals surface area contributed by atoms with Crippen LogP contribution < -0.4 is 0 Å². The molecule has 0 fully saturated rings. The van der Waals surface area contributed by atoms with Crippen LogP contribution in [0.1, 0.15) is 43.2 Å². The highest BCUT2D eigenvalue weighted by atomic mass is 32.2. The van der Waals surface area contributed by atoms with Crippen LogP contribution in [0.15, 0.2) is 60.7 Å². The summed E-state index contributed by atoms with van der Waals surface area (Å²) in [5.41, 5.74) is 2.96. The Balaban J connectivity index is 1.30. The summed E-state index contributed by atoms with van der Waals surface area (Å²) in [6.45, 7) is 0. The summed E-state index contributed by atoms with van der Waals surface area (Å²) in [5.74, 6) is 5.30. The molecule has 2 aromatic carbocycles. The maximum Gasteiger partial charge on any atom is -0.00644 e. The zero-order chi connectivity index (χ0) is 17.4. The Kier molecular flexibility index (Phi) is 11.7. The van der Waals surface area contributed by atoms with E-state index in [9.17, 15) is 0 Å². The van der Waals surface area contributed by atoms with E-state index < -0.39 is 0 Å². The minimum atomic E-state index is 1.23. The van der Waals surface area contributed by atoms with Crippen molar-refractivity contribution in [3.8, 4) is 0 Å². The van der Waals surface area contributed by atoms with Gasteiger partial charge in [-0.2, -0.15) is 23.5 Å². The van der Waals surface area contributed by atoms with Crippen LogP contribution >= 0.6 is 23.5 Å². The fourth-order valence-corrected chi connectivity index (χ4v) is 4.76. The van der Waals surface area contributed by atoms with Gasteiger partial charge >= 0.3 is 0 Å². The number of thioether (sulfide) groups is 2. The lowest BCUT2D eigenvalue weighted by Gasteiger charge is -2.04. The molecule has 0 aliphatic heterocycles. The second kappa shape index (κ2) is 14.3. The van der Waals surface area contributed by atoms with Crippen molar-refractivity contribution in [1.82, 2.24) is 0 Å². The molecule has 0 aromatic heterocycles. The average Bonchev–Trinajstić information content (AvgIpc) is 2.67. The van der Waals surface area contributed by atoms with Gasteiger partial charge in [0, 0.05) is 0 Å². The van der Waals surface area contributed by atoms with Crippen LogP contribution in [0.2, 0.25) is 0 Å². The molecule has 136 valence electrons. The largest absolute Gasteiger partial charge is 0.162 e. The maximum atomic E-state index is 2.24. The van der Waals surface area contributed by atoms with Crippen molar-refractivity contribution in [2.75, 3.05) is 23.0 Å². The van der Waals surface area contributed by atoms with Crippen LogP contribution in [0.5, 0.6) is 0 Å². The van der Waals surface area contributed by atoms with E-state index in [-0.39, 0.29) is 0 Å². The first kappa shape index (κ1) is 20.5. The third-order valence-corrected chi connectivity index (χ3v) is 6.58. The SMILES string of the molecule is c1ccc(CCCSCCCCCSCCCc2ccccc2)cc1. The Morgan fingerprint density at radius 1 is 0.440 bits per heavy atom. The molecule has 0 aliphatic carbocycles. The molecule has 0 heterocycles. The molecular weight excluding hydrogens is 340 g/mol. The van der Waals surface area contributed by atoms with Gasteiger partial charge in [0.25, 0.3) is 0 Å². The van der Waals surface area contributed by atoms with E-state index in [4.69, 9.17) is 0 Å². The molecule has 2 aromatic rings. The van der Waals surface area contributed by atoms with Gasteiger partial charge in [0.1, 0.15) is 0 Å². The molecule has 0 saturated heterocycles. The molecule has 0 N–H and O–H groups in total. The molecule has 0 unspecified atom stereocenters. The van der Waals surface area contributed by atoms with Crippen LogP contribution in [-0.2, 0) is 12.8 Å². The Labute approximate surface area is 163 Å². The fraction of sp³-hybridized carbons (Fsp3) is 0.478. The Hall–Kier alpha value is -0.860. The molecule has 0 nitrogen and oxygen atoms in total. The van der Waals surface area contributed by atoms with Crippen molar-refractivity contribution in [3.63, 3.8) is 0 Å². The summed E-state index contributed by atoms with van der Waals surface area (Å²) in [7, 11) is 0. The molecule has 0 saturated carbocycles. The topological polar surface area (TPSA) is 0 Å². The number of hydrogen-bond acceptors (Lipinski definition) is 2. The van der Waals surface area contributed by atoms with Gasteiger partial charge in [-0.15, -0.1) is 0 Å². The zero-order valence-electron chi connectivity index (χ0n) is 15.4. The quantitative estimate of drug-likeness (QED) is 0.331. The monoisotopic (exact) mass is 372 g/mol. The van der Waals surface area contributed by atoms with Crippen molar-refractivity contribution in [1.29, 1.82) is 0 Å². The molecular formula is C23H32S2. The van der Waals surface area contributed by atoms with E-state index in [1.165, 1.54) is 79.1 Å². The number of aryl methyl sites for hydroxylation is 2. The van der Waals surface area contributed by atoms with Crippen LogP contribution in [0.25, 0.3) is 0 Å². The van der Waals surface area contributed by atoms with Crippen LogP contribution in [0, 0.1) is 0 Å². The summed E-state index contributed by atoms with van der Waals surface area (Å²) in [6.07, 6.45) is 9.26. The lowest BCUT2D eigenvalue weighted by atomic mass is 10.1. The maximum absolute atomic E-state index is 2.24. The number of benzene rings is 2. The van der Waals surface area contributed by atoms with E-state index in [1.807, 2.05) is 0 Å². The van der Waals surface area contributed by atoms with Crippen molar-refractivity contribution in [2.24, 2.45) is 0 Å². The van der Waals surface area contributed by atoms with Gasteiger partial charge < -0.3 is 0 Å². The lowest BCUT2D eigenvalue weighted by molar-refractivity contribution is 0.784. The van der Waals surface area contributed by atoms with Gasteiger partial charge in [-0.3, -0.25) is 0 Å². The van der Waals surface area contributed by atoms with Gasteiger partial charge in [0.05, 0.1) is 0 Å². The third-order valence-electron chi connectivity index (χ3n) is 4.27. The normalized spacial score (nSPS) is 10.9. The van der Waals surface area contributed by atoms with Crippen LogP contribution in [0.4, 0.5) is 0 Å². The highest BCUT2D eigenvalue weighted by molar-refractivity contribution is 7.99. The van der Waals surface area contributed by atoms with Gasteiger partial charge in [-0.05, 0) is 72.7 Å². The fourth-order valence-electron chi connectivity index (χ4n) is 2.84. The van der Waals surface area contributed by atoms with E-state index in [1.54, 1.807) is 0 Å². The van der Waals surface area contributed by atoms with Crippen molar-refractivity contribution < 1.29 is 0 Å². The van der Waals surface area contributed by atoms with Gasteiger partial charge in [-0.25, -0.2) is 0 Å². The second-order valence-corrected chi connectivity index (χ2v) is 8.91. The standard InChI is InChI=1S/C23H32S2/c1-4-12-22(13-5-1)16-10-20-24-18-8-3-9-19-25-21-11-17-23-14-6-2-7-15-23/h1-2,4-7,12-15H,3,8-11,16-21H2. The van der Waals surface area contributed by atoms with Crippen molar-refractivity contribution in [2.45, 2.75) is 44.9 Å². The predicted octanol–water partition coefficient (Wildman–Crippen LogP) is 6.89. The molecule has 0 bridgehead atoms. The van der Waals surface area contributed by atoms with E-state index in [0.29, 0.717) is 0 Å². The molecule has 2 heteroatoms. The van der Waals surface area contributed by atoms with E-state index in [2.05, 4.69) is 84.2 Å². The predicted molar refractivity (Wildman–Crippen MR) is 118 cm³/mol.